The molecule has 20 heavy (non-hydrogen) atoms. The predicted molar refractivity (Wildman–Crippen MR) is 87.0 cm³/mol. The van der Waals surface area contributed by atoms with Crippen LogP contribution in [0.3, 0.4) is 0 Å². The lowest BCUT2D eigenvalue weighted by Gasteiger charge is -2.40. The molecule has 2 aliphatic rings. The summed E-state index contributed by atoms with van der Waals surface area (Å²) in [7, 11) is 0. The minimum Gasteiger partial charge on any atom is -0.309 e. The molecule has 3 unspecified atom stereocenters. The Labute approximate surface area is 127 Å². The second-order valence-electron chi connectivity index (χ2n) is 7.01. The summed E-state index contributed by atoms with van der Waals surface area (Å²) < 4.78 is 0. The van der Waals surface area contributed by atoms with Crippen molar-refractivity contribution in [3.63, 3.8) is 0 Å². The van der Waals surface area contributed by atoms with Gasteiger partial charge in [-0.15, -0.1) is 11.3 Å². The molecule has 3 rings (SSSR count). The van der Waals surface area contributed by atoms with Gasteiger partial charge in [-0.3, -0.25) is 4.90 Å². The van der Waals surface area contributed by atoms with Gasteiger partial charge in [0, 0.05) is 41.5 Å². The van der Waals surface area contributed by atoms with Crippen molar-refractivity contribution in [2.75, 3.05) is 6.54 Å². The highest BCUT2D eigenvalue weighted by molar-refractivity contribution is 7.11. The molecule has 0 radical (unpaired) electrons. The number of rotatable bonds is 5. The number of nitrogens with zero attached hydrogens (tertiary/aromatic N) is 1. The Morgan fingerprint density at radius 1 is 1.20 bits per heavy atom. The summed E-state index contributed by atoms with van der Waals surface area (Å²) in [5, 5.41) is 3.61. The molecule has 1 saturated heterocycles. The van der Waals surface area contributed by atoms with Crippen molar-refractivity contribution < 1.29 is 0 Å². The predicted octanol–water partition coefficient (Wildman–Crippen LogP) is 3.87. The van der Waals surface area contributed by atoms with Crippen LogP contribution in [0.4, 0.5) is 0 Å². The van der Waals surface area contributed by atoms with E-state index >= 15 is 0 Å². The minimum atomic E-state index is 0.723. The van der Waals surface area contributed by atoms with Gasteiger partial charge in [-0.2, -0.15) is 0 Å². The molecule has 3 heteroatoms. The summed E-state index contributed by atoms with van der Waals surface area (Å²) in [6, 6.07) is 6.19. The fraction of sp³-hybridized carbons (Fsp3) is 0.765. The van der Waals surface area contributed by atoms with E-state index in [0.717, 1.165) is 37.0 Å². The van der Waals surface area contributed by atoms with Crippen LogP contribution in [-0.2, 0) is 13.1 Å². The van der Waals surface area contributed by atoms with Crippen LogP contribution in [0.1, 0.15) is 49.8 Å². The van der Waals surface area contributed by atoms with Crippen molar-refractivity contribution in [1.82, 2.24) is 10.2 Å². The first-order chi connectivity index (χ1) is 9.61. The molecule has 1 N–H and O–H groups in total. The molecule has 2 heterocycles. The number of hydrogen-bond acceptors (Lipinski definition) is 3. The highest BCUT2D eigenvalue weighted by Crippen LogP contribution is 2.29. The molecule has 0 bridgehead atoms. The molecule has 112 valence electrons. The van der Waals surface area contributed by atoms with E-state index in [2.05, 4.69) is 43.1 Å². The molecule has 1 aliphatic heterocycles. The fourth-order valence-corrected chi connectivity index (χ4v) is 4.37. The van der Waals surface area contributed by atoms with Crippen LogP contribution in [0.5, 0.6) is 0 Å². The lowest BCUT2D eigenvalue weighted by molar-refractivity contribution is 0.0739. The molecule has 1 aliphatic carbocycles. The van der Waals surface area contributed by atoms with Crippen LogP contribution < -0.4 is 5.32 Å². The van der Waals surface area contributed by atoms with E-state index < -0.39 is 0 Å². The van der Waals surface area contributed by atoms with Crippen LogP contribution >= 0.6 is 11.3 Å². The summed E-state index contributed by atoms with van der Waals surface area (Å²) in [4.78, 5) is 5.71. The first-order valence-corrected chi connectivity index (χ1v) is 8.98. The average Bonchev–Trinajstić information content (AvgIpc) is 3.13. The van der Waals surface area contributed by atoms with E-state index in [4.69, 9.17) is 0 Å². The topological polar surface area (TPSA) is 15.3 Å². The zero-order valence-electron chi connectivity index (χ0n) is 13.1. The van der Waals surface area contributed by atoms with Gasteiger partial charge in [-0.1, -0.05) is 13.8 Å². The Hall–Kier alpha value is -0.380. The Kier molecular flexibility index (Phi) is 4.49. The maximum absolute atomic E-state index is 3.61. The van der Waals surface area contributed by atoms with Crippen LogP contribution in [0.15, 0.2) is 12.1 Å². The quantitative estimate of drug-likeness (QED) is 0.886. The van der Waals surface area contributed by atoms with Crippen molar-refractivity contribution in [3.05, 3.63) is 21.9 Å². The Morgan fingerprint density at radius 3 is 2.70 bits per heavy atom. The van der Waals surface area contributed by atoms with Crippen LogP contribution in [0.2, 0.25) is 0 Å². The van der Waals surface area contributed by atoms with Crippen molar-refractivity contribution in [3.8, 4) is 0 Å². The van der Waals surface area contributed by atoms with Gasteiger partial charge >= 0.3 is 0 Å². The summed E-state index contributed by atoms with van der Waals surface area (Å²) in [6.07, 6.45) is 4.14. The van der Waals surface area contributed by atoms with E-state index in [1.807, 2.05) is 11.3 Å². The van der Waals surface area contributed by atoms with Gasteiger partial charge in [0.2, 0.25) is 0 Å². The zero-order chi connectivity index (χ0) is 14.1. The number of likely N-dealkylation sites (tertiary alicyclic amines) is 1. The third-order valence-electron chi connectivity index (χ3n) is 4.94. The molecule has 1 aromatic heterocycles. The zero-order valence-corrected chi connectivity index (χ0v) is 13.9. The largest absolute Gasteiger partial charge is 0.309 e. The van der Waals surface area contributed by atoms with Crippen molar-refractivity contribution in [2.24, 2.45) is 11.8 Å². The average molecular weight is 292 g/mol. The van der Waals surface area contributed by atoms with Crippen molar-refractivity contribution in [1.29, 1.82) is 0 Å². The van der Waals surface area contributed by atoms with Gasteiger partial charge in [-0.05, 0) is 50.2 Å². The van der Waals surface area contributed by atoms with Crippen molar-refractivity contribution in [2.45, 2.75) is 65.2 Å². The maximum Gasteiger partial charge on any atom is 0.0331 e. The van der Waals surface area contributed by atoms with Crippen molar-refractivity contribution >= 4 is 11.3 Å². The van der Waals surface area contributed by atoms with Crippen LogP contribution in [-0.4, -0.2) is 23.5 Å². The lowest BCUT2D eigenvalue weighted by atomic mass is 9.86. The van der Waals surface area contributed by atoms with E-state index in [-0.39, 0.29) is 0 Å². The van der Waals surface area contributed by atoms with E-state index in [1.165, 1.54) is 35.6 Å². The van der Waals surface area contributed by atoms with Gasteiger partial charge in [0.1, 0.15) is 0 Å². The third kappa shape index (κ3) is 3.63. The number of nitrogens with one attached hydrogen (secondary N) is 1. The number of piperidine rings is 1. The summed E-state index contributed by atoms with van der Waals surface area (Å²) in [5.74, 6) is 1.67. The molecule has 1 saturated carbocycles. The summed E-state index contributed by atoms with van der Waals surface area (Å²) in [5.41, 5.74) is 0. The lowest BCUT2D eigenvalue weighted by Crippen LogP contribution is -2.44. The molecule has 0 aromatic carbocycles. The van der Waals surface area contributed by atoms with E-state index in [0.29, 0.717) is 0 Å². The third-order valence-corrected chi connectivity index (χ3v) is 6.01. The molecule has 0 spiro atoms. The highest BCUT2D eigenvalue weighted by Gasteiger charge is 2.28. The Balaban J connectivity index is 1.55. The minimum absolute atomic E-state index is 0.723. The number of thiophene rings is 1. The first kappa shape index (κ1) is 14.6. The summed E-state index contributed by atoms with van der Waals surface area (Å²) in [6.45, 7) is 10.7. The van der Waals surface area contributed by atoms with Crippen LogP contribution in [0, 0.1) is 11.8 Å². The maximum atomic E-state index is 3.61. The molecule has 3 atom stereocenters. The normalized spacial score (nSPS) is 31.6. The van der Waals surface area contributed by atoms with Gasteiger partial charge < -0.3 is 5.32 Å². The Bertz CT molecular complexity index is 438. The molecule has 2 nitrogen and oxygen atoms in total. The molecule has 2 fully saturated rings. The fourth-order valence-electron chi connectivity index (χ4n) is 3.38. The van der Waals surface area contributed by atoms with Gasteiger partial charge in [0.15, 0.2) is 0 Å². The molecule has 1 aromatic rings. The summed E-state index contributed by atoms with van der Waals surface area (Å²) >= 11 is 2.00. The van der Waals surface area contributed by atoms with Gasteiger partial charge in [0.25, 0.3) is 0 Å². The first-order valence-electron chi connectivity index (χ1n) is 8.17. The second kappa shape index (κ2) is 6.17. The van der Waals surface area contributed by atoms with E-state index in [1.54, 1.807) is 0 Å². The molecule has 0 amide bonds. The second-order valence-corrected chi connectivity index (χ2v) is 8.26. The SMILES string of the molecule is CC1CC(C)C(C)N(Cc2ccc(CNC3CC3)s2)C1. The highest BCUT2D eigenvalue weighted by atomic mass is 32.1. The van der Waals surface area contributed by atoms with Gasteiger partial charge in [-0.25, -0.2) is 0 Å². The number of hydrogen-bond donors (Lipinski definition) is 1. The van der Waals surface area contributed by atoms with E-state index in [9.17, 15) is 0 Å². The molecular weight excluding hydrogens is 264 g/mol. The molecular formula is C17H28N2S. The standard InChI is InChI=1S/C17H28N2S/c1-12-8-13(2)14(3)19(10-12)11-17-7-6-16(20-17)9-18-15-4-5-15/h6-7,12-15,18H,4-5,8-11H2,1-3H3. The Morgan fingerprint density at radius 2 is 1.95 bits per heavy atom. The van der Waals surface area contributed by atoms with Gasteiger partial charge in [0.05, 0.1) is 0 Å². The van der Waals surface area contributed by atoms with Crippen LogP contribution in [0.25, 0.3) is 0 Å². The monoisotopic (exact) mass is 292 g/mol. The smallest absolute Gasteiger partial charge is 0.0331 e.